The topological polar surface area (TPSA) is 71.3 Å². The standard InChI is InChI=1S/C16H18N2O3/c1-11-10-14(20)15(12(2)19)16(21-11)18-9-8-17-13-6-4-3-5-7-13/h3-7,10,17-18H,8-9H2,1-2H3. The third kappa shape index (κ3) is 3.95. The zero-order valence-electron chi connectivity index (χ0n) is 12.1. The molecule has 110 valence electrons. The predicted molar refractivity (Wildman–Crippen MR) is 83.1 cm³/mol. The van der Waals surface area contributed by atoms with Crippen molar-refractivity contribution in [2.24, 2.45) is 0 Å². The van der Waals surface area contributed by atoms with Crippen molar-refractivity contribution >= 4 is 17.4 Å². The molecule has 1 heterocycles. The lowest BCUT2D eigenvalue weighted by atomic mass is 10.2. The third-order valence-electron chi connectivity index (χ3n) is 2.94. The van der Waals surface area contributed by atoms with E-state index in [0.29, 0.717) is 18.8 Å². The maximum absolute atomic E-state index is 11.8. The van der Waals surface area contributed by atoms with Gasteiger partial charge in [0.1, 0.15) is 11.3 Å². The molecule has 5 heteroatoms. The monoisotopic (exact) mass is 286 g/mol. The van der Waals surface area contributed by atoms with Gasteiger partial charge in [0.25, 0.3) is 0 Å². The summed E-state index contributed by atoms with van der Waals surface area (Å²) in [7, 11) is 0. The highest BCUT2D eigenvalue weighted by atomic mass is 16.4. The quantitative estimate of drug-likeness (QED) is 0.631. The molecular formula is C16H18N2O3. The zero-order chi connectivity index (χ0) is 15.2. The van der Waals surface area contributed by atoms with Gasteiger partial charge in [0.15, 0.2) is 11.2 Å². The fourth-order valence-electron chi connectivity index (χ4n) is 2.01. The van der Waals surface area contributed by atoms with E-state index in [1.807, 2.05) is 30.3 Å². The molecule has 0 aliphatic heterocycles. The molecule has 0 radical (unpaired) electrons. The molecular weight excluding hydrogens is 268 g/mol. The van der Waals surface area contributed by atoms with E-state index >= 15 is 0 Å². The number of ketones is 1. The second-order valence-electron chi connectivity index (χ2n) is 4.70. The van der Waals surface area contributed by atoms with Gasteiger partial charge in [-0.15, -0.1) is 0 Å². The molecule has 1 aromatic heterocycles. The number of carbonyl (C=O) groups excluding carboxylic acids is 1. The lowest BCUT2D eigenvalue weighted by Crippen LogP contribution is -2.20. The van der Waals surface area contributed by atoms with Crippen LogP contribution in [0.2, 0.25) is 0 Å². The third-order valence-corrected chi connectivity index (χ3v) is 2.94. The Morgan fingerprint density at radius 1 is 1.14 bits per heavy atom. The number of para-hydroxylation sites is 1. The van der Waals surface area contributed by atoms with Gasteiger partial charge in [0.2, 0.25) is 5.88 Å². The van der Waals surface area contributed by atoms with E-state index in [1.165, 1.54) is 13.0 Å². The first-order valence-electron chi connectivity index (χ1n) is 6.76. The molecule has 0 bridgehead atoms. The van der Waals surface area contributed by atoms with Crippen LogP contribution in [0.25, 0.3) is 0 Å². The molecule has 0 fully saturated rings. The highest BCUT2D eigenvalue weighted by Gasteiger charge is 2.14. The van der Waals surface area contributed by atoms with E-state index in [4.69, 9.17) is 4.42 Å². The van der Waals surface area contributed by atoms with Gasteiger partial charge in [-0.1, -0.05) is 18.2 Å². The van der Waals surface area contributed by atoms with Crippen LogP contribution in [0.1, 0.15) is 23.0 Å². The maximum atomic E-state index is 11.8. The summed E-state index contributed by atoms with van der Waals surface area (Å²) in [5, 5.41) is 6.22. The second kappa shape index (κ2) is 6.74. The van der Waals surface area contributed by atoms with Gasteiger partial charge in [0.05, 0.1) is 0 Å². The Morgan fingerprint density at radius 3 is 2.48 bits per heavy atom. The Hall–Kier alpha value is -2.56. The number of benzene rings is 1. The normalized spacial score (nSPS) is 10.2. The summed E-state index contributed by atoms with van der Waals surface area (Å²) in [6.07, 6.45) is 0. The van der Waals surface area contributed by atoms with E-state index < -0.39 is 0 Å². The van der Waals surface area contributed by atoms with E-state index in [2.05, 4.69) is 10.6 Å². The Kier molecular flexibility index (Phi) is 4.77. The molecule has 0 atom stereocenters. The minimum atomic E-state index is -0.315. The first kappa shape index (κ1) is 14.8. The summed E-state index contributed by atoms with van der Waals surface area (Å²) in [5.41, 5.74) is 0.766. The molecule has 2 rings (SSSR count). The molecule has 2 N–H and O–H groups in total. The molecule has 0 unspecified atom stereocenters. The number of rotatable bonds is 6. The largest absolute Gasteiger partial charge is 0.445 e. The fourth-order valence-corrected chi connectivity index (χ4v) is 2.01. The summed E-state index contributed by atoms with van der Waals surface area (Å²) in [4.78, 5) is 23.4. The Labute approximate surface area is 123 Å². The molecule has 5 nitrogen and oxygen atoms in total. The summed E-state index contributed by atoms with van der Waals surface area (Å²) < 4.78 is 5.44. The summed E-state index contributed by atoms with van der Waals surface area (Å²) in [6.45, 7) is 4.20. The second-order valence-corrected chi connectivity index (χ2v) is 4.70. The predicted octanol–water partition coefficient (Wildman–Crippen LogP) is 2.67. The van der Waals surface area contributed by atoms with Crippen LogP contribution in [0, 0.1) is 6.92 Å². The van der Waals surface area contributed by atoms with Crippen LogP contribution in [-0.2, 0) is 0 Å². The Morgan fingerprint density at radius 2 is 1.81 bits per heavy atom. The number of hydrogen-bond donors (Lipinski definition) is 2. The number of Topliss-reactive ketones (excluding diaryl/α,β-unsaturated/α-hetero) is 1. The van der Waals surface area contributed by atoms with E-state index in [0.717, 1.165) is 5.69 Å². The Bertz CT molecular complexity index is 678. The van der Waals surface area contributed by atoms with Crippen LogP contribution in [0.15, 0.2) is 45.6 Å². The van der Waals surface area contributed by atoms with Gasteiger partial charge in [-0.2, -0.15) is 0 Å². The van der Waals surface area contributed by atoms with Crippen LogP contribution in [0.5, 0.6) is 0 Å². The molecule has 0 aliphatic carbocycles. The van der Waals surface area contributed by atoms with Gasteiger partial charge in [0, 0.05) is 24.8 Å². The SMILES string of the molecule is CC(=O)c1c(NCCNc2ccccc2)oc(C)cc1=O. The van der Waals surface area contributed by atoms with Crippen molar-refractivity contribution in [3.05, 3.63) is 57.9 Å². The van der Waals surface area contributed by atoms with E-state index in [1.54, 1.807) is 6.92 Å². The van der Waals surface area contributed by atoms with Crippen molar-refractivity contribution in [2.45, 2.75) is 13.8 Å². The number of nitrogens with one attached hydrogen (secondary N) is 2. The minimum absolute atomic E-state index is 0.0697. The number of anilines is 2. The van der Waals surface area contributed by atoms with Gasteiger partial charge in [-0.3, -0.25) is 9.59 Å². The minimum Gasteiger partial charge on any atom is -0.445 e. The summed E-state index contributed by atoms with van der Waals surface area (Å²) in [6, 6.07) is 11.1. The van der Waals surface area contributed by atoms with Crippen molar-refractivity contribution in [3.63, 3.8) is 0 Å². The van der Waals surface area contributed by atoms with Crippen molar-refractivity contribution in [1.29, 1.82) is 0 Å². The van der Waals surface area contributed by atoms with Crippen molar-refractivity contribution in [1.82, 2.24) is 0 Å². The average molecular weight is 286 g/mol. The van der Waals surface area contributed by atoms with Gasteiger partial charge in [-0.25, -0.2) is 0 Å². The van der Waals surface area contributed by atoms with Gasteiger partial charge in [-0.05, 0) is 26.0 Å². The smallest absolute Gasteiger partial charge is 0.207 e. The summed E-state index contributed by atoms with van der Waals surface area (Å²) in [5.74, 6) is 0.410. The molecule has 21 heavy (non-hydrogen) atoms. The van der Waals surface area contributed by atoms with Gasteiger partial charge < -0.3 is 15.1 Å². The number of hydrogen-bond acceptors (Lipinski definition) is 5. The number of aryl methyl sites for hydroxylation is 1. The molecule has 1 aromatic carbocycles. The zero-order valence-corrected chi connectivity index (χ0v) is 12.1. The first-order chi connectivity index (χ1) is 10.1. The molecule has 0 saturated carbocycles. The molecule has 2 aromatic rings. The van der Waals surface area contributed by atoms with Crippen LogP contribution in [-0.4, -0.2) is 18.9 Å². The molecule has 0 spiro atoms. The maximum Gasteiger partial charge on any atom is 0.207 e. The number of carbonyl (C=O) groups is 1. The van der Waals surface area contributed by atoms with Crippen LogP contribution in [0.3, 0.4) is 0 Å². The lowest BCUT2D eigenvalue weighted by molar-refractivity contribution is 0.101. The summed E-state index contributed by atoms with van der Waals surface area (Å²) >= 11 is 0. The highest BCUT2D eigenvalue weighted by Crippen LogP contribution is 2.14. The van der Waals surface area contributed by atoms with Crippen LogP contribution >= 0.6 is 0 Å². The van der Waals surface area contributed by atoms with Crippen molar-refractivity contribution in [2.75, 3.05) is 23.7 Å². The van der Waals surface area contributed by atoms with Crippen molar-refractivity contribution in [3.8, 4) is 0 Å². The van der Waals surface area contributed by atoms with E-state index in [-0.39, 0.29) is 22.7 Å². The Balaban J connectivity index is 2.00. The highest BCUT2D eigenvalue weighted by molar-refractivity contribution is 5.98. The lowest BCUT2D eigenvalue weighted by Gasteiger charge is -2.10. The molecule has 0 saturated heterocycles. The van der Waals surface area contributed by atoms with E-state index in [9.17, 15) is 9.59 Å². The first-order valence-corrected chi connectivity index (χ1v) is 6.76. The fraction of sp³-hybridized carbons (Fsp3) is 0.250. The molecule has 0 aliphatic rings. The van der Waals surface area contributed by atoms with Crippen molar-refractivity contribution < 1.29 is 9.21 Å². The average Bonchev–Trinajstić information content (AvgIpc) is 2.43. The van der Waals surface area contributed by atoms with Crippen LogP contribution < -0.4 is 16.1 Å². The van der Waals surface area contributed by atoms with Gasteiger partial charge >= 0.3 is 0 Å². The molecule has 0 amide bonds. The van der Waals surface area contributed by atoms with Crippen LogP contribution in [0.4, 0.5) is 11.6 Å².